The standard InChI is InChI=1S/C31H64NP/c1-5-7-21-31(27-32-6-2)25-17-19-28(3)18-11-9-8-10-12-22-30-23-14-13-20-29(4)33-26-16-15-24-30/h28-33H,5-27H2,1-4H3. The van der Waals surface area contributed by atoms with Crippen molar-refractivity contribution >= 4 is 8.58 Å². The molecule has 2 heteroatoms. The largest absolute Gasteiger partial charge is 0.317 e. The summed E-state index contributed by atoms with van der Waals surface area (Å²) >= 11 is 0. The van der Waals surface area contributed by atoms with Crippen LogP contribution in [-0.4, -0.2) is 24.9 Å². The second kappa shape index (κ2) is 22.8. The SMILES string of the molecule is CCCCC(CCCC(C)CCCCCCCC1CCCCPC(C)CCCC1)CNCC. The maximum absolute atomic E-state index is 3.59. The Balaban J connectivity index is 2.02. The van der Waals surface area contributed by atoms with E-state index in [0.717, 1.165) is 30.0 Å². The topological polar surface area (TPSA) is 12.0 Å². The van der Waals surface area contributed by atoms with Crippen molar-refractivity contribution in [2.24, 2.45) is 17.8 Å². The van der Waals surface area contributed by atoms with Gasteiger partial charge in [0.2, 0.25) is 0 Å². The Hall–Kier alpha value is 0.390. The van der Waals surface area contributed by atoms with Crippen molar-refractivity contribution in [3.8, 4) is 0 Å². The van der Waals surface area contributed by atoms with Crippen LogP contribution in [0.5, 0.6) is 0 Å². The van der Waals surface area contributed by atoms with E-state index < -0.39 is 0 Å². The van der Waals surface area contributed by atoms with Crippen molar-refractivity contribution in [1.29, 1.82) is 0 Å². The molecular weight excluding hydrogens is 417 g/mol. The Labute approximate surface area is 212 Å². The molecule has 0 aromatic rings. The van der Waals surface area contributed by atoms with Crippen LogP contribution in [0, 0.1) is 17.8 Å². The first-order valence-electron chi connectivity index (χ1n) is 15.6. The number of rotatable bonds is 18. The Morgan fingerprint density at radius 3 is 2.21 bits per heavy atom. The molecule has 0 spiro atoms. The minimum atomic E-state index is 0.914. The smallest absolute Gasteiger partial charge is 0.00206 e. The molecule has 1 heterocycles. The highest BCUT2D eigenvalue weighted by molar-refractivity contribution is 7.38. The van der Waals surface area contributed by atoms with Gasteiger partial charge in [-0.25, -0.2) is 0 Å². The van der Waals surface area contributed by atoms with Gasteiger partial charge < -0.3 is 5.32 Å². The van der Waals surface area contributed by atoms with Crippen molar-refractivity contribution in [3.63, 3.8) is 0 Å². The Morgan fingerprint density at radius 2 is 1.42 bits per heavy atom. The van der Waals surface area contributed by atoms with Crippen molar-refractivity contribution in [2.75, 3.05) is 19.3 Å². The molecule has 0 radical (unpaired) electrons. The van der Waals surface area contributed by atoms with Gasteiger partial charge in [-0.3, -0.25) is 0 Å². The van der Waals surface area contributed by atoms with E-state index in [1.807, 2.05) is 0 Å². The molecule has 0 saturated carbocycles. The van der Waals surface area contributed by atoms with Gasteiger partial charge in [0.15, 0.2) is 0 Å². The third-order valence-electron chi connectivity index (χ3n) is 8.30. The molecule has 5 atom stereocenters. The lowest BCUT2D eigenvalue weighted by Crippen LogP contribution is -2.22. The fourth-order valence-electron chi connectivity index (χ4n) is 5.87. The number of unbranched alkanes of at least 4 members (excludes halogenated alkanes) is 5. The summed E-state index contributed by atoms with van der Waals surface area (Å²) in [6.07, 6.45) is 31.1. The van der Waals surface area contributed by atoms with Crippen LogP contribution < -0.4 is 5.32 Å². The lowest BCUT2D eigenvalue weighted by Gasteiger charge is -2.18. The predicted octanol–water partition coefficient (Wildman–Crippen LogP) is 10.4. The number of hydrogen-bond acceptors (Lipinski definition) is 1. The molecule has 1 nitrogen and oxygen atoms in total. The molecule has 0 bridgehead atoms. The highest BCUT2D eigenvalue weighted by Gasteiger charge is 2.12. The summed E-state index contributed by atoms with van der Waals surface area (Å²) in [5, 5.41) is 3.59. The van der Waals surface area contributed by atoms with E-state index in [-0.39, 0.29) is 0 Å². The van der Waals surface area contributed by atoms with E-state index in [2.05, 4.69) is 33.0 Å². The first-order chi connectivity index (χ1) is 16.2. The molecule has 1 aliphatic heterocycles. The first-order valence-corrected chi connectivity index (χ1v) is 16.9. The Kier molecular flexibility index (Phi) is 21.7. The number of nitrogens with one attached hydrogen (secondary N) is 1. The van der Waals surface area contributed by atoms with Crippen LogP contribution in [0.4, 0.5) is 0 Å². The van der Waals surface area contributed by atoms with E-state index in [1.165, 1.54) is 150 Å². The minimum Gasteiger partial charge on any atom is -0.317 e. The highest BCUT2D eigenvalue weighted by atomic mass is 31.1. The second-order valence-corrected chi connectivity index (χ2v) is 13.6. The maximum atomic E-state index is 3.59. The van der Waals surface area contributed by atoms with Crippen LogP contribution in [-0.2, 0) is 0 Å². The van der Waals surface area contributed by atoms with Crippen LogP contribution in [0.1, 0.15) is 156 Å². The molecule has 198 valence electrons. The van der Waals surface area contributed by atoms with Gasteiger partial charge in [-0.05, 0) is 68.3 Å². The average molecular weight is 482 g/mol. The maximum Gasteiger partial charge on any atom is -0.00206 e. The first kappa shape index (κ1) is 31.4. The highest BCUT2D eigenvalue weighted by Crippen LogP contribution is 2.30. The lowest BCUT2D eigenvalue weighted by molar-refractivity contribution is 0.362. The fraction of sp³-hybridized carbons (Fsp3) is 1.00. The Morgan fingerprint density at radius 1 is 0.758 bits per heavy atom. The van der Waals surface area contributed by atoms with E-state index in [0.29, 0.717) is 0 Å². The van der Waals surface area contributed by atoms with Gasteiger partial charge in [-0.2, -0.15) is 0 Å². The summed E-state index contributed by atoms with van der Waals surface area (Å²) in [5.41, 5.74) is 1.01. The summed E-state index contributed by atoms with van der Waals surface area (Å²) in [4.78, 5) is 0. The van der Waals surface area contributed by atoms with Gasteiger partial charge in [0, 0.05) is 0 Å². The van der Waals surface area contributed by atoms with Crippen LogP contribution in [0.15, 0.2) is 0 Å². The zero-order valence-corrected chi connectivity index (χ0v) is 24.6. The summed E-state index contributed by atoms with van der Waals surface area (Å²) < 4.78 is 0. The van der Waals surface area contributed by atoms with Crippen molar-refractivity contribution in [1.82, 2.24) is 5.32 Å². The molecule has 1 N–H and O–H groups in total. The predicted molar refractivity (Wildman–Crippen MR) is 155 cm³/mol. The van der Waals surface area contributed by atoms with Crippen LogP contribution in [0.2, 0.25) is 0 Å². The van der Waals surface area contributed by atoms with Crippen LogP contribution in [0.3, 0.4) is 0 Å². The summed E-state index contributed by atoms with van der Waals surface area (Å²) in [6.45, 7) is 11.9. The molecule has 0 amide bonds. The molecule has 0 aliphatic carbocycles. The number of hydrogen-bond donors (Lipinski definition) is 1. The molecule has 1 aliphatic rings. The van der Waals surface area contributed by atoms with Crippen molar-refractivity contribution in [2.45, 2.75) is 162 Å². The zero-order valence-electron chi connectivity index (χ0n) is 23.6. The minimum absolute atomic E-state index is 0.914. The van der Waals surface area contributed by atoms with Gasteiger partial charge in [-0.15, -0.1) is 8.58 Å². The molecule has 5 unspecified atom stereocenters. The van der Waals surface area contributed by atoms with Gasteiger partial charge in [-0.1, -0.05) is 130 Å². The molecule has 1 saturated heterocycles. The third kappa shape index (κ3) is 19.3. The lowest BCUT2D eigenvalue weighted by atomic mass is 9.89. The van der Waals surface area contributed by atoms with E-state index in [4.69, 9.17) is 0 Å². The van der Waals surface area contributed by atoms with Gasteiger partial charge >= 0.3 is 0 Å². The second-order valence-electron chi connectivity index (χ2n) is 11.7. The molecule has 1 rings (SSSR count). The van der Waals surface area contributed by atoms with Gasteiger partial charge in [0.25, 0.3) is 0 Å². The normalized spacial score (nSPS) is 23.3. The monoisotopic (exact) mass is 481 g/mol. The van der Waals surface area contributed by atoms with E-state index in [9.17, 15) is 0 Å². The fourth-order valence-corrected chi connectivity index (χ4v) is 7.23. The molecule has 0 aromatic heterocycles. The molecular formula is C31H64NP. The Bertz CT molecular complexity index is 390. The van der Waals surface area contributed by atoms with Crippen LogP contribution in [0.25, 0.3) is 0 Å². The quantitative estimate of drug-likeness (QED) is 0.152. The zero-order chi connectivity index (χ0) is 24.0. The van der Waals surface area contributed by atoms with Gasteiger partial charge in [0.1, 0.15) is 0 Å². The molecule has 1 fully saturated rings. The van der Waals surface area contributed by atoms with E-state index in [1.54, 1.807) is 0 Å². The molecule has 0 aromatic carbocycles. The van der Waals surface area contributed by atoms with Crippen LogP contribution >= 0.6 is 8.58 Å². The van der Waals surface area contributed by atoms with Gasteiger partial charge in [0.05, 0.1) is 0 Å². The summed E-state index contributed by atoms with van der Waals surface area (Å²) in [6, 6.07) is 0. The van der Waals surface area contributed by atoms with E-state index >= 15 is 0 Å². The summed E-state index contributed by atoms with van der Waals surface area (Å²) in [7, 11) is 1.24. The van der Waals surface area contributed by atoms with Crippen molar-refractivity contribution < 1.29 is 0 Å². The summed E-state index contributed by atoms with van der Waals surface area (Å²) in [5.74, 6) is 2.90. The van der Waals surface area contributed by atoms with Crippen molar-refractivity contribution in [3.05, 3.63) is 0 Å². The molecule has 33 heavy (non-hydrogen) atoms. The third-order valence-corrected chi connectivity index (χ3v) is 9.93. The average Bonchev–Trinajstić information content (AvgIpc) is 2.85.